The molecule has 0 saturated carbocycles. The van der Waals surface area contributed by atoms with Crippen molar-refractivity contribution in [1.82, 2.24) is 4.98 Å². The van der Waals surface area contributed by atoms with Crippen LogP contribution in [0.25, 0.3) is 0 Å². The number of nitrogens with zero attached hydrogens (tertiary/aromatic N) is 3. The van der Waals surface area contributed by atoms with Crippen LogP contribution < -0.4 is 21.7 Å². The van der Waals surface area contributed by atoms with E-state index in [0.717, 1.165) is 4.90 Å². The topological polar surface area (TPSA) is 157 Å². The molecule has 0 bridgehead atoms. The summed E-state index contributed by atoms with van der Waals surface area (Å²) in [4.78, 5) is 37.4. The summed E-state index contributed by atoms with van der Waals surface area (Å²) in [6.07, 6.45) is 0. The van der Waals surface area contributed by atoms with E-state index >= 15 is 0 Å². The second-order valence-corrected chi connectivity index (χ2v) is 3.84. The van der Waals surface area contributed by atoms with Crippen molar-refractivity contribution in [2.24, 2.45) is 11.5 Å². The highest BCUT2D eigenvalue weighted by molar-refractivity contribution is 5.85. The molecule has 0 atom stereocenters. The molecule has 2 amide bonds. The first-order valence-corrected chi connectivity index (χ1v) is 5.50. The van der Waals surface area contributed by atoms with Gasteiger partial charge in [0.2, 0.25) is 17.6 Å². The number of nitrogens with one attached hydrogen (secondary N) is 1. The summed E-state index contributed by atoms with van der Waals surface area (Å²) in [7, 11) is 1.57. The Hall–Kier alpha value is -2.91. The van der Waals surface area contributed by atoms with Gasteiger partial charge in [0.1, 0.15) is 5.82 Å². The van der Waals surface area contributed by atoms with Gasteiger partial charge in [0.25, 0.3) is 0 Å². The number of aromatic nitrogens is 1. The van der Waals surface area contributed by atoms with Gasteiger partial charge >= 0.3 is 5.69 Å². The highest BCUT2D eigenvalue weighted by Gasteiger charge is 2.24. The molecule has 0 radical (unpaired) electrons. The van der Waals surface area contributed by atoms with Gasteiger partial charge in [-0.05, 0) is 6.07 Å². The van der Waals surface area contributed by atoms with Crippen LogP contribution in [0.5, 0.6) is 0 Å². The van der Waals surface area contributed by atoms with Crippen molar-refractivity contribution < 1.29 is 14.5 Å². The zero-order valence-electron chi connectivity index (χ0n) is 10.7. The number of nitrogens with two attached hydrogens (primary N) is 2. The maximum atomic E-state index is 11.0. The maximum absolute atomic E-state index is 11.0. The fourth-order valence-electron chi connectivity index (χ4n) is 1.54. The van der Waals surface area contributed by atoms with Crippen LogP contribution in [0.4, 0.5) is 17.3 Å². The molecule has 1 heterocycles. The minimum absolute atomic E-state index is 0.153. The molecule has 108 valence electrons. The standard InChI is InChI=1S/C10H14N6O4/c1-13-9-3-2-6(16(19)20)10(14-9)15(4-7(11)17)5-8(12)18/h2-3H,4-5H2,1H3,(H2,11,17)(H2,12,18)(H,13,14). The molecule has 0 aliphatic heterocycles. The minimum Gasteiger partial charge on any atom is -0.373 e. The molecule has 0 unspecified atom stereocenters. The van der Waals surface area contributed by atoms with Crippen molar-refractivity contribution >= 4 is 29.1 Å². The Labute approximate surface area is 113 Å². The molecule has 0 aliphatic rings. The number of amides is 2. The number of hydrogen-bond acceptors (Lipinski definition) is 7. The van der Waals surface area contributed by atoms with Gasteiger partial charge in [0.05, 0.1) is 18.0 Å². The third-order valence-corrected chi connectivity index (χ3v) is 2.30. The summed E-state index contributed by atoms with van der Waals surface area (Å²) >= 11 is 0. The van der Waals surface area contributed by atoms with Crippen molar-refractivity contribution in [3.63, 3.8) is 0 Å². The van der Waals surface area contributed by atoms with E-state index in [1.807, 2.05) is 0 Å². The predicted octanol–water partition coefficient (Wildman–Crippen LogP) is -1.19. The molecule has 5 N–H and O–H groups in total. The van der Waals surface area contributed by atoms with Crippen LogP contribution in [0.1, 0.15) is 0 Å². The van der Waals surface area contributed by atoms with Gasteiger partial charge in [0.15, 0.2) is 0 Å². The Balaban J connectivity index is 3.30. The second-order valence-electron chi connectivity index (χ2n) is 3.84. The number of carbonyl (C=O) groups excluding carboxylic acids is 2. The van der Waals surface area contributed by atoms with Crippen LogP contribution in [-0.4, -0.2) is 41.9 Å². The summed E-state index contributed by atoms with van der Waals surface area (Å²) in [5.41, 5.74) is 9.76. The van der Waals surface area contributed by atoms with Crippen LogP contribution in [0.3, 0.4) is 0 Å². The van der Waals surface area contributed by atoms with E-state index in [-0.39, 0.29) is 11.5 Å². The zero-order chi connectivity index (χ0) is 15.3. The number of hydrogen-bond donors (Lipinski definition) is 3. The van der Waals surface area contributed by atoms with E-state index in [4.69, 9.17) is 11.5 Å². The van der Waals surface area contributed by atoms with Crippen molar-refractivity contribution in [2.45, 2.75) is 0 Å². The number of nitro groups is 1. The molecule has 0 spiro atoms. The number of primary amides is 2. The largest absolute Gasteiger partial charge is 0.373 e. The average Bonchev–Trinajstić information content (AvgIpc) is 2.36. The third kappa shape index (κ3) is 3.80. The van der Waals surface area contributed by atoms with Crippen LogP contribution in [0.2, 0.25) is 0 Å². The molecule has 1 rings (SSSR count). The van der Waals surface area contributed by atoms with Gasteiger partial charge < -0.3 is 21.7 Å². The molecular weight excluding hydrogens is 268 g/mol. The predicted molar refractivity (Wildman–Crippen MR) is 71.0 cm³/mol. The summed E-state index contributed by atoms with van der Waals surface area (Å²) in [5, 5.41) is 13.7. The van der Waals surface area contributed by atoms with Gasteiger partial charge in [-0.1, -0.05) is 0 Å². The molecule has 1 aromatic rings. The van der Waals surface area contributed by atoms with Crippen molar-refractivity contribution in [3.05, 3.63) is 22.2 Å². The summed E-state index contributed by atoms with van der Waals surface area (Å²) in [6, 6.07) is 2.61. The quantitative estimate of drug-likeness (QED) is 0.419. The van der Waals surface area contributed by atoms with Crippen molar-refractivity contribution in [1.29, 1.82) is 0 Å². The summed E-state index contributed by atoms with van der Waals surface area (Å²) in [6.45, 7) is -0.826. The summed E-state index contributed by atoms with van der Waals surface area (Å²) in [5.74, 6) is -1.35. The molecule has 0 aliphatic carbocycles. The van der Waals surface area contributed by atoms with Crippen molar-refractivity contribution in [2.75, 3.05) is 30.4 Å². The molecular formula is C10H14N6O4. The molecule has 0 aromatic carbocycles. The van der Waals surface area contributed by atoms with Gasteiger partial charge in [-0.25, -0.2) is 4.98 Å². The monoisotopic (exact) mass is 282 g/mol. The second kappa shape index (κ2) is 6.31. The first-order valence-electron chi connectivity index (χ1n) is 5.50. The summed E-state index contributed by atoms with van der Waals surface area (Å²) < 4.78 is 0. The highest BCUT2D eigenvalue weighted by atomic mass is 16.6. The fraction of sp³-hybridized carbons (Fsp3) is 0.300. The van der Waals surface area contributed by atoms with Gasteiger partial charge in [-0.15, -0.1) is 0 Å². The third-order valence-electron chi connectivity index (χ3n) is 2.30. The SMILES string of the molecule is CNc1ccc([N+](=O)[O-])c(N(CC(N)=O)CC(N)=O)n1. The smallest absolute Gasteiger partial charge is 0.311 e. The van der Waals surface area contributed by atoms with Gasteiger partial charge in [-0.3, -0.25) is 19.7 Å². The zero-order valence-corrected chi connectivity index (χ0v) is 10.7. The lowest BCUT2D eigenvalue weighted by Gasteiger charge is -2.20. The van der Waals surface area contributed by atoms with Crippen LogP contribution in [-0.2, 0) is 9.59 Å². The molecule has 10 heteroatoms. The Bertz CT molecular complexity index is 531. The number of rotatable bonds is 7. The maximum Gasteiger partial charge on any atom is 0.311 e. The number of carbonyl (C=O) groups is 2. The molecule has 1 aromatic heterocycles. The fourth-order valence-corrected chi connectivity index (χ4v) is 1.54. The molecule has 20 heavy (non-hydrogen) atoms. The van der Waals surface area contributed by atoms with Crippen LogP contribution >= 0.6 is 0 Å². The van der Waals surface area contributed by atoms with Crippen LogP contribution in [0.15, 0.2) is 12.1 Å². The number of pyridine rings is 1. The lowest BCUT2D eigenvalue weighted by atomic mass is 10.3. The number of anilines is 2. The van der Waals surface area contributed by atoms with E-state index in [1.165, 1.54) is 12.1 Å². The Morgan fingerprint density at radius 1 is 1.35 bits per heavy atom. The van der Waals surface area contributed by atoms with Gasteiger partial charge in [0, 0.05) is 13.1 Å². The Morgan fingerprint density at radius 2 is 1.90 bits per heavy atom. The lowest BCUT2D eigenvalue weighted by Crippen LogP contribution is -2.40. The van der Waals surface area contributed by atoms with E-state index in [9.17, 15) is 19.7 Å². The first-order chi connectivity index (χ1) is 9.35. The Morgan fingerprint density at radius 3 is 2.30 bits per heavy atom. The van der Waals surface area contributed by atoms with E-state index in [1.54, 1.807) is 7.05 Å². The molecule has 0 fully saturated rings. The van der Waals surface area contributed by atoms with Crippen molar-refractivity contribution in [3.8, 4) is 0 Å². The normalized spacial score (nSPS) is 9.85. The van der Waals surface area contributed by atoms with E-state index < -0.39 is 29.8 Å². The van der Waals surface area contributed by atoms with E-state index in [0.29, 0.717) is 5.82 Å². The highest BCUT2D eigenvalue weighted by Crippen LogP contribution is 2.27. The Kier molecular flexibility index (Phi) is 4.78. The first kappa shape index (κ1) is 15.1. The van der Waals surface area contributed by atoms with E-state index in [2.05, 4.69) is 10.3 Å². The van der Waals surface area contributed by atoms with Gasteiger partial charge in [-0.2, -0.15) is 0 Å². The lowest BCUT2D eigenvalue weighted by molar-refractivity contribution is -0.384. The van der Waals surface area contributed by atoms with Crippen LogP contribution in [0, 0.1) is 10.1 Å². The molecule has 10 nitrogen and oxygen atoms in total. The minimum atomic E-state index is -0.766. The average molecular weight is 282 g/mol. The molecule has 0 saturated heterocycles.